The minimum absolute atomic E-state index is 0.0710. The Balaban J connectivity index is 2.60. The number of hydrogen-bond donors (Lipinski definition) is 0. The molecule has 1 aromatic carbocycles. The quantitative estimate of drug-likeness (QED) is 0.787. The first-order valence-electron chi connectivity index (χ1n) is 4.54. The zero-order valence-electron chi connectivity index (χ0n) is 8.45. The maximum absolute atomic E-state index is 11.7. The number of aryl methyl sites for hydroxylation is 2. The molecule has 2 rings (SSSR count). The van der Waals surface area contributed by atoms with Crippen molar-refractivity contribution in [3.8, 4) is 5.69 Å². The lowest BCUT2D eigenvalue weighted by Gasteiger charge is -2.03. The fraction of sp³-hybridized carbons (Fsp3) is 0.182. The average molecular weight is 284 g/mol. The summed E-state index contributed by atoms with van der Waals surface area (Å²) in [7, 11) is 0. The summed E-state index contributed by atoms with van der Waals surface area (Å²) in [5.41, 5.74) is 2.92. The molecule has 0 unspecified atom stereocenters. The zero-order chi connectivity index (χ0) is 11.0. The second kappa shape index (κ2) is 3.94. The third-order valence-electron chi connectivity index (χ3n) is 2.23. The van der Waals surface area contributed by atoms with Crippen molar-refractivity contribution in [1.29, 1.82) is 0 Å². The highest BCUT2D eigenvalue weighted by atomic mass is 79.9. The van der Waals surface area contributed by atoms with E-state index in [1.165, 1.54) is 11.5 Å². The van der Waals surface area contributed by atoms with Crippen LogP contribution in [0.3, 0.4) is 0 Å². The van der Waals surface area contributed by atoms with Gasteiger partial charge in [-0.2, -0.15) is 0 Å². The first-order valence-corrected chi connectivity index (χ1v) is 6.16. The summed E-state index contributed by atoms with van der Waals surface area (Å²) < 4.78 is 2.77. The van der Waals surface area contributed by atoms with E-state index in [0.717, 1.165) is 21.3 Å². The highest BCUT2D eigenvalue weighted by Gasteiger charge is 2.05. The molecule has 1 aromatic heterocycles. The van der Waals surface area contributed by atoms with E-state index in [1.54, 1.807) is 3.96 Å². The van der Waals surface area contributed by atoms with Crippen molar-refractivity contribution in [1.82, 2.24) is 3.96 Å². The second-order valence-electron chi connectivity index (χ2n) is 3.44. The molecule has 2 nitrogen and oxygen atoms in total. The molecule has 0 amide bonds. The zero-order valence-corrected chi connectivity index (χ0v) is 10.9. The van der Waals surface area contributed by atoms with Gasteiger partial charge >= 0.3 is 0 Å². The SMILES string of the molecule is Cc1cc(-n2scc(C)c2=O)ccc1Br. The van der Waals surface area contributed by atoms with Crippen LogP contribution >= 0.6 is 27.5 Å². The van der Waals surface area contributed by atoms with E-state index in [9.17, 15) is 4.79 Å². The van der Waals surface area contributed by atoms with Gasteiger partial charge in [0, 0.05) is 15.4 Å². The van der Waals surface area contributed by atoms with Gasteiger partial charge in [-0.1, -0.05) is 27.5 Å². The van der Waals surface area contributed by atoms with Gasteiger partial charge in [0.05, 0.1) is 5.69 Å². The van der Waals surface area contributed by atoms with Crippen LogP contribution in [0.4, 0.5) is 0 Å². The molecule has 0 saturated carbocycles. The number of rotatable bonds is 1. The Kier molecular flexibility index (Phi) is 2.80. The van der Waals surface area contributed by atoms with E-state index in [0.29, 0.717) is 0 Å². The highest BCUT2D eigenvalue weighted by molar-refractivity contribution is 9.10. The third-order valence-corrected chi connectivity index (χ3v) is 4.17. The Bertz CT molecular complexity index is 556. The molecule has 0 spiro atoms. The fourth-order valence-electron chi connectivity index (χ4n) is 1.32. The Morgan fingerprint density at radius 2 is 2.00 bits per heavy atom. The summed E-state index contributed by atoms with van der Waals surface area (Å²) in [6.45, 7) is 3.85. The minimum atomic E-state index is 0.0710. The summed E-state index contributed by atoms with van der Waals surface area (Å²) in [4.78, 5) is 11.7. The summed E-state index contributed by atoms with van der Waals surface area (Å²) in [6.07, 6.45) is 0. The molecular formula is C11H10BrNOS. The van der Waals surface area contributed by atoms with Crippen LogP contribution in [0.25, 0.3) is 5.69 Å². The summed E-state index contributed by atoms with van der Waals surface area (Å²) >= 11 is 4.87. The monoisotopic (exact) mass is 283 g/mol. The minimum Gasteiger partial charge on any atom is -0.268 e. The first-order chi connectivity index (χ1) is 7.09. The molecular weight excluding hydrogens is 274 g/mol. The van der Waals surface area contributed by atoms with Gasteiger partial charge in [0.2, 0.25) is 0 Å². The number of benzene rings is 1. The number of halogens is 1. The van der Waals surface area contributed by atoms with E-state index in [4.69, 9.17) is 0 Å². The highest BCUT2D eigenvalue weighted by Crippen LogP contribution is 2.20. The molecule has 0 aliphatic heterocycles. The largest absolute Gasteiger partial charge is 0.268 e. The number of aromatic nitrogens is 1. The lowest BCUT2D eigenvalue weighted by Crippen LogP contribution is -2.12. The van der Waals surface area contributed by atoms with Crippen molar-refractivity contribution in [2.45, 2.75) is 13.8 Å². The van der Waals surface area contributed by atoms with E-state index < -0.39 is 0 Å². The van der Waals surface area contributed by atoms with Crippen molar-refractivity contribution < 1.29 is 0 Å². The van der Waals surface area contributed by atoms with Crippen molar-refractivity contribution in [3.05, 3.63) is 49.5 Å². The maximum Gasteiger partial charge on any atom is 0.268 e. The van der Waals surface area contributed by atoms with Gasteiger partial charge in [-0.25, -0.2) is 3.96 Å². The molecule has 0 fully saturated rings. The second-order valence-corrected chi connectivity index (χ2v) is 5.11. The van der Waals surface area contributed by atoms with Crippen molar-refractivity contribution in [2.24, 2.45) is 0 Å². The van der Waals surface area contributed by atoms with Gasteiger partial charge in [0.15, 0.2) is 0 Å². The molecule has 1 heterocycles. The van der Waals surface area contributed by atoms with Crippen molar-refractivity contribution >= 4 is 27.5 Å². The molecule has 15 heavy (non-hydrogen) atoms. The van der Waals surface area contributed by atoms with Crippen LogP contribution < -0.4 is 5.56 Å². The fourth-order valence-corrected chi connectivity index (χ4v) is 2.41. The number of nitrogens with zero attached hydrogens (tertiary/aromatic N) is 1. The van der Waals surface area contributed by atoms with Gasteiger partial charge in [0.1, 0.15) is 0 Å². The van der Waals surface area contributed by atoms with Crippen LogP contribution in [0, 0.1) is 13.8 Å². The van der Waals surface area contributed by atoms with Crippen LogP contribution in [-0.2, 0) is 0 Å². The molecule has 0 atom stereocenters. The molecule has 0 N–H and O–H groups in total. The smallest absolute Gasteiger partial charge is 0.268 e. The van der Waals surface area contributed by atoms with Crippen molar-refractivity contribution in [2.75, 3.05) is 0 Å². The van der Waals surface area contributed by atoms with Gasteiger partial charge in [-0.15, -0.1) is 0 Å². The van der Waals surface area contributed by atoms with Crippen LogP contribution in [0.15, 0.2) is 32.8 Å². The predicted molar refractivity (Wildman–Crippen MR) is 67.1 cm³/mol. The standard InChI is InChI=1S/C11H10BrNOS/c1-7-5-9(3-4-10(7)12)13-11(14)8(2)6-15-13/h3-6H,1-2H3. The topological polar surface area (TPSA) is 22.0 Å². The van der Waals surface area contributed by atoms with E-state index in [-0.39, 0.29) is 5.56 Å². The molecule has 0 radical (unpaired) electrons. The van der Waals surface area contributed by atoms with Gasteiger partial charge in [0.25, 0.3) is 5.56 Å². The molecule has 0 aliphatic carbocycles. The van der Waals surface area contributed by atoms with E-state index >= 15 is 0 Å². The summed E-state index contributed by atoms with van der Waals surface area (Å²) in [6, 6.07) is 5.90. The normalized spacial score (nSPS) is 10.6. The Morgan fingerprint density at radius 1 is 1.27 bits per heavy atom. The summed E-state index contributed by atoms with van der Waals surface area (Å²) in [5.74, 6) is 0. The molecule has 0 bridgehead atoms. The van der Waals surface area contributed by atoms with Crippen LogP contribution in [0.5, 0.6) is 0 Å². The Hall–Kier alpha value is -0.870. The Labute approximate surface area is 100 Å². The Morgan fingerprint density at radius 3 is 2.53 bits per heavy atom. The lowest BCUT2D eigenvalue weighted by atomic mass is 10.2. The predicted octanol–water partition coefficient (Wildman–Crippen LogP) is 3.28. The molecule has 0 aliphatic rings. The van der Waals surface area contributed by atoms with Crippen molar-refractivity contribution in [3.63, 3.8) is 0 Å². The average Bonchev–Trinajstić information content (AvgIpc) is 2.53. The van der Waals surface area contributed by atoms with E-state index in [2.05, 4.69) is 15.9 Å². The van der Waals surface area contributed by atoms with Crippen LogP contribution in [-0.4, -0.2) is 3.96 Å². The summed E-state index contributed by atoms with van der Waals surface area (Å²) in [5, 5.41) is 1.87. The molecule has 4 heteroatoms. The van der Waals surface area contributed by atoms with Crippen LogP contribution in [0.2, 0.25) is 0 Å². The number of hydrogen-bond acceptors (Lipinski definition) is 2. The van der Waals surface area contributed by atoms with Crippen LogP contribution in [0.1, 0.15) is 11.1 Å². The molecule has 78 valence electrons. The van der Waals surface area contributed by atoms with Gasteiger partial charge in [-0.3, -0.25) is 4.79 Å². The van der Waals surface area contributed by atoms with Gasteiger partial charge in [-0.05, 0) is 37.6 Å². The molecule has 0 saturated heterocycles. The first kappa shape index (κ1) is 10.6. The van der Waals surface area contributed by atoms with Gasteiger partial charge < -0.3 is 0 Å². The maximum atomic E-state index is 11.7. The lowest BCUT2D eigenvalue weighted by molar-refractivity contribution is 1.10. The van der Waals surface area contributed by atoms with E-state index in [1.807, 2.05) is 37.4 Å². The molecule has 2 aromatic rings. The third kappa shape index (κ3) is 1.92.